The second-order valence-electron chi connectivity index (χ2n) is 7.84. The van der Waals surface area contributed by atoms with E-state index in [-0.39, 0.29) is 11.6 Å². The fourth-order valence-electron chi connectivity index (χ4n) is 3.61. The van der Waals surface area contributed by atoms with Crippen LogP contribution in [0.25, 0.3) is 10.9 Å². The summed E-state index contributed by atoms with van der Waals surface area (Å²) < 4.78 is 1.67. The van der Waals surface area contributed by atoms with Crippen molar-refractivity contribution < 1.29 is 0 Å². The first-order valence-electron chi connectivity index (χ1n) is 9.95. The van der Waals surface area contributed by atoms with Gasteiger partial charge in [0.1, 0.15) is 5.82 Å². The van der Waals surface area contributed by atoms with Crippen molar-refractivity contribution in [3.63, 3.8) is 0 Å². The van der Waals surface area contributed by atoms with Crippen molar-refractivity contribution >= 4 is 28.4 Å². The summed E-state index contributed by atoms with van der Waals surface area (Å²) in [5, 5.41) is 0.667. The third kappa shape index (κ3) is 3.74. The molecule has 1 saturated heterocycles. The molecular formula is C21H27N7O. The molecular weight excluding hydrogens is 366 g/mol. The molecule has 1 aliphatic rings. The maximum absolute atomic E-state index is 12.6. The van der Waals surface area contributed by atoms with E-state index in [4.69, 9.17) is 0 Å². The summed E-state index contributed by atoms with van der Waals surface area (Å²) in [6.45, 7) is 7.50. The first-order valence-corrected chi connectivity index (χ1v) is 9.95. The molecule has 152 valence electrons. The molecule has 0 N–H and O–H groups in total. The number of piperazine rings is 1. The minimum Gasteiger partial charge on any atom is -0.368 e. The zero-order chi connectivity index (χ0) is 20.5. The Morgan fingerprint density at radius 3 is 2.41 bits per heavy atom. The van der Waals surface area contributed by atoms with Gasteiger partial charge in [0.15, 0.2) is 0 Å². The molecule has 0 amide bonds. The van der Waals surface area contributed by atoms with Crippen molar-refractivity contribution in [1.82, 2.24) is 19.5 Å². The zero-order valence-corrected chi connectivity index (χ0v) is 17.4. The summed E-state index contributed by atoms with van der Waals surface area (Å²) in [5.41, 5.74) is 1.86. The minimum absolute atomic E-state index is 0.0156. The van der Waals surface area contributed by atoms with Crippen molar-refractivity contribution in [2.45, 2.75) is 19.9 Å². The van der Waals surface area contributed by atoms with Crippen LogP contribution in [-0.2, 0) is 0 Å². The Kier molecular flexibility index (Phi) is 5.08. The minimum atomic E-state index is 0.0156. The lowest BCUT2D eigenvalue weighted by molar-refractivity contribution is 0.573. The Hall–Kier alpha value is -3.16. The molecule has 2 aromatic heterocycles. The Balaban J connectivity index is 1.51. The molecule has 0 unspecified atom stereocenters. The standard InChI is InChI=1S/C21H27N7O/c1-15(2)28-14-23-18-13-16(5-6-17(18)20(28)29)26-9-11-27(12-10-26)19-7-8-22-21(24-19)25(3)4/h5-8,13-15H,9-12H2,1-4H3. The summed E-state index contributed by atoms with van der Waals surface area (Å²) in [7, 11) is 3.89. The molecule has 0 radical (unpaired) electrons. The van der Waals surface area contributed by atoms with Crippen molar-refractivity contribution in [3.8, 4) is 0 Å². The Morgan fingerprint density at radius 2 is 1.72 bits per heavy atom. The SMILES string of the molecule is CC(C)n1cnc2cc(N3CCN(c4ccnc(N(C)C)n4)CC3)ccc2c1=O. The summed E-state index contributed by atoms with van der Waals surface area (Å²) >= 11 is 0. The molecule has 1 aromatic carbocycles. The number of aromatic nitrogens is 4. The monoisotopic (exact) mass is 393 g/mol. The highest BCUT2D eigenvalue weighted by molar-refractivity contribution is 5.81. The average Bonchev–Trinajstić information content (AvgIpc) is 2.73. The lowest BCUT2D eigenvalue weighted by Crippen LogP contribution is -2.47. The highest BCUT2D eigenvalue weighted by atomic mass is 16.1. The van der Waals surface area contributed by atoms with Crippen LogP contribution in [0.5, 0.6) is 0 Å². The molecule has 0 bridgehead atoms. The van der Waals surface area contributed by atoms with Gasteiger partial charge in [0.25, 0.3) is 5.56 Å². The van der Waals surface area contributed by atoms with Gasteiger partial charge in [0.2, 0.25) is 5.95 Å². The highest BCUT2D eigenvalue weighted by Gasteiger charge is 2.20. The lowest BCUT2D eigenvalue weighted by Gasteiger charge is -2.36. The second-order valence-corrected chi connectivity index (χ2v) is 7.84. The molecule has 0 spiro atoms. The number of hydrogen-bond donors (Lipinski definition) is 0. The molecule has 0 saturated carbocycles. The number of nitrogens with zero attached hydrogens (tertiary/aromatic N) is 7. The van der Waals surface area contributed by atoms with Crippen molar-refractivity contribution in [2.75, 3.05) is 55.0 Å². The van der Waals surface area contributed by atoms with Crippen LogP contribution in [0.4, 0.5) is 17.5 Å². The van der Waals surface area contributed by atoms with Crippen LogP contribution in [0.2, 0.25) is 0 Å². The smallest absolute Gasteiger partial charge is 0.261 e. The molecule has 29 heavy (non-hydrogen) atoms. The van der Waals surface area contributed by atoms with Gasteiger partial charge in [-0.25, -0.2) is 9.97 Å². The molecule has 8 nitrogen and oxygen atoms in total. The van der Waals surface area contributed by atoms with Gasteiger partial charge in [0.05, 0.1) is 17.2 Å². The van der Waals surface area contributed by atoms with Gasteiger partial charge in [0, 0.05) is 58.2 Å². The van der Waals surface area contributed by atoms with Crippen molar-refractivity contribution in [2.24, 2.45) is 0 Å². The fourth-order valence-corrected chi connectivity index (χ4v) is 3.61. The van der Waals surface area contributed by atoms with Crippen LogP contribution in [0.15, 0.2) is 41.6 Å². The third-order valence-electron chi connectivity index (χ3n) is 5.32. The van der Waals surface area contributed by atoms with E-state index in [1.807, 2.05) is 63.3 Å². The van der Waals surface area contributed by atoms with Gasteiger partial charge in [-0.05, 0) is 38.1 Å². The van der Waals surface area contributed by atoms with Crippen LogP contribution < -0.4 is 20.3 Å². The Bertz CT molecular complexity index is 1070. The maximum Gasteiger partial charge on any atom is 0.261 e. The topological polar surface area (TPSA) is 70.4 Å². The number of rotatable bonds is 4. The third-order valence-corrected chi connectivity index (χ3v) is 5.32. The maximum atomic E-state index is 12.6. The largest absolute Gasteiger partial charge is 0.368 e. The molecule has 1 aliphatic heterocycles. The number of anilines is 3. The number of hydrogen-bond acceptors (Lipinski definition) is 7. The van der Waals surface area contributed by atoms with E-state index < -0.39 is 0 Å². The summed E-state index contributed by atoms with van der Waals surface area (Å²) in [6.07, 6.45) is 3.46. The Morgan fingerprint density at radius 1 is 1.00 bits per heavy atom. The fraction of sp³-hybridized carbons (Fsp3) is 0.429. The number of benzene rings is 1. The van der Waals surface area contributed by atoms with Crippen LogP contribution in [0, 0.1) is 0 Å². The van der Waals surface area contributed by atoms with Gasteiger partial charge < -0.3 is 14.7 Å². The molecule has 8 heteroatoms. The van der Waals surface area contributed by atoms with E-state index in [2.05, 4.69) is 24.8 Å². The summed E-state index contributed by atoms with van der Waals surface area (Å²) in [4.78, 5) is 32.6. The summed E-state index contributed by atoms with van der Waals surface area (Å²) in [6, 6.07) is 8.01. The van der Waals surface area contributed by atoms with E-state index in [0.717, 1.165) is 49.1 Å². The average molecular weight is 393 g/mol. The van der Waals surface area contributed by atoms with Crippen molar-refractivity contribution in [3.05, 3.63) is 47.1 Å². The van der Waals surface area contributed by atoms with Gasteiger partial charge in [-0.3, -0.25) is 9.36 Å². The predicted molar refractivity (Wildman–Crippen MR) is 117 cm³/mol. The lowest BCUT2D eigenvalue weighted by atomic mass is 10.2. The van der Waals surface area contributed by atoms with Crippen LogP contribution >= 0.6 is 0 Å². The molecule has 0 aliphatic carbocycles. The highest BCUT2D eigenvalue weighted by Crippen LogP contribution is 2.22. The first kappa shape index (κ1) is 19.2. The van der Waals surface area contributed by atoms with Gasteiger partial charge in [-0.1, -0.05) is 0 Å². The van der Waals surface area contributed by atoms with E-state index in [9.17, 15) is 4.79 Å². The molecule has 4 rings (SSSR count). The molecule has 3 aromatic rings. The van der Waals surface area contributed by atoms with Crippen LogP contribution in [0.1, 0.15) is 19.9 Å². The van der Waals surface area contributed by atoms with E-state index >= 15 is 0 Å². The molecule has 0 atom stereocenters. The van der Waals surface area contributed by atoms with E-state index in [1.165, 1.54) is 0 Å². The van der Waals surface area contributed by atoms with Crippen LogP contribution in [-0.4, -0.2) is 59.8 Å². The zero-order valence-electron chi connectivity index (χ0n) is 17.4. The van der Waals surface area contributed by atoms with Gasteiger partial charge in [-0.2, -0.15) is 4.98 Å². The second kappa shape index (κ2) is 7.69. The molecule has 3 heterocycles. The number of fused-ring (bicyclic) bond motifs is 1. The van der Waals surface area contributed by atoms with Crippen molar-refractivity contribution in [1.29, 1.82) is 0 Å². The quantitative estimate of drug-likeness (QED) is 0.673. The van der Waals surface area contributed by atoms with E-state index in [0.29, 0.717) is 5.39 Å². The van der Waals surface area contributed by atoms with Crippen LogP contribution in [0.3, 0.4) is 0 Å². The van der Waals surface area contributed by atoms with E-state index in [1.54, 1.807) is 10.9 Å². The normalized spacial score (nSPS) is 14.7. The summed E-state index contributed by atoms with van der Waals surface area (Å²) in [5.74, 6) is 1.68. The predicted octanol–water partition coefficient (Wildman–Crippen LogP) is 2.16. The molecule has 1 fully saturated rings. The van der Waals surface area contributed by atoms with Gasteiger partial charge >= 0.3 is 0 Å². The van der Waals surface area contributed by atoms with Gasteiger partial charge in [-0.15, -0.1) is 0 Å². The first-order chi connectivity index (χ1) is 13.9. The Labute approximate surface area is 170 Å².